The minimum absolute atomic E-state index is 0.816. The van der Waals surface area contributed by atoms with Crippen LogP contribution in [0.25, 0.3) is 10.9 Å². The van der Waals surface area contributed by atoms with E-state index in [0.29, 0.717) is 0 Å². The van der Waals surface area contributed by atoms with Gasteiger partial charge in [0, 0.05) is 30.2 Å². The fourth-order valence-electron chi connectivity index (χ4n) is 1.97. The quantitative estimate of drug-likeness (QED) is 0.759. The summed E-state index contributed by atoms with van der Waals surface area (Å²) in [6.07, 6.45) is 5.27. The lowest BCUT2D eigenvalue weighted by Gasteiger charge is -2.04. The average Bonchev–Trinajstić information content (AvgIpc) is 2.92. The number of rotatable bonds is 4. The molecular formula is C15H14N2O. The second-order valence-electron chi connectivity index (χ2n) is 4.27. The third-order valence-corrected chi connectivity index (χ3v) is 2.91. The van der Waals surface area contributed by atoms with Gasteiger partial charge in [0.25, 0.3) is 0 Å². The smallest absolute Gasteiger partial charge is 0.0947 e. The van der Waals surface area contributed by atoms with Gasteiger partial charge in [0.2, 0.25) is 0 Å². The van der Waals surface area contributed by atoms with E-state index < -0.39 is 0 Å². The van der Waals surface area contributed by atoms with Gasteiger partial charge in [-0.05, 0) is 23.8 Å². The second kappa shape index (κ2) is 5.02. The first-order valence-electron chi connectivity index (χ1n) is 5.97. The van der Waals surface area contributed by atoms with Crippen LogP contribution in [0.1, 0.15) is 11.1 Å². The van der Waals surface area contributed by atoms with Crippen LogP contribution in [0.2, 0.25) is 0 Å². The molecule has 90 valence electrons. The van der Waals surface area contributed by atoms with Gasteiger partial charge >= 0.3 is 0 Å². The summed E-state index contributed by atoms with van der Waals surface area (Å²) in [5.41, 5.74) is 3.44. The molecule has 0 aliphatic carbocycles. The highest BCUT2D eigenvalue weighted by Gasteiger charge is 1.98. The molecule has 0 amide bonds. The third-order valence-electron chi connectivity index (χ3n) is 2.91. The molecule has 2 heterocycles. The van der Waals surface area contributed by atoms with Gasteiger partial charge in [-0.1, -0.05) is 18.2 Å². The molecule has 0 saturated carbocycles. The number of hydrogen-bond acceptors (Lipinski definition) is 3. The molecule has 2 aromatic heterocycles. The van der Waals surface area contributed by atoms with E-state index in [0.717, 1.165) is 24.2 Å². The Kier molecular flexibility index (Phi) is 3.07. The minimum atomic E-state index is 0.816. The van der Waals surface area contributed by atoms with E-state index in [1.165, 1.54) is 10.9 Å². The normalized spacial score (nSPS) is 10.9. The Balaban J connectivity index is 1.67. The molecule has 1 N–H and O–H groups in total. The Morgan fingerprint density at radius 3 is 2.89 bits per heavy atom. The summed E-state index contributed by atoms with van der Waals surface area (Å²) < 4.78 is 5.02. The van der Waals surface area contributed by atoms with Gasteiger partial charge < -0.3 is 9.73 Å². The zero-order valence-corrected chi connectivity index (χ0v) is 9.97. The van der Waals surface area contributed by atoms with E-state index in [9.17, 15) is 0 Å². The van der Waals surface area contributed by atoms with Crippen molar-refractivity contribution in [2.45, 2.75) is 13.1 Å². The van der Waals surface area contributed by atoms with Crippen molar-refractivity contribution in [3.63, 3.8) is 0 Å². The van der Waals surface area contributed by atoms with Gasteiger partial charge in [-0.15, -0.1) is 0 Å². The number of benzene rings is 1. The topological polar surface area (TPSA) is 38.1 Å². The minimum Gasteiger partial charge on any atom is -0.472 e. The van der Waals surface area contributed by atoms with Crippen LogP contribution in [0.3, 0.4) is 0 Å². The standard InChI is InChI=1S/C15H14N2O/c1-2-14-4-3-12(8-15(14)17-6-1)9-16-10-13-5-7-18-11-13/h1-8,11,16H,9-10H2. The monoisotopic (exact) mass is 238 g/mol. The molecule has 3 aromatic rings. The first-order valence-corrected chi connectivity index (χ1v) is 5.97. The molecular weight excluding hydrogens is 224 g/mol. The molecule has 0 atom stereocenters. The number of hydrogen-bond donors (Lipinski definition) is 1. The molecule has 0 unspecified atom stereocenters. The van der Waals surface area contributed by atoms with Gasteiger partial charge in [-0.2, -0.15) is 0 Å². The molecule has 0 aliphatic heterocycles. The second-order valence-corrected chi connectivity index (χ2v) is 4.27. The number of aromatic nitrogens is 1. The maximum Gasteiger partial charge on any atom is 0.0947 e. The van der Waals surface area contributed by atoms with Gasteiger partial charge in [-0.25, -0.2) is 0 Å². The summed E-state index contributed by atoms with van der Waals surface area (Å²) in [6, 6.07) is 12.4. The van der Waals surface area contributed by atoms with E-state index in [2.05, 4.69) is 34.6 Å². The van der Waals surface area contributed by atoms with Gasteiger partial charge in [0.15, 0.2) is 0 Å². The van der Waals surface area contributed by atoms with Crippen LogP contribution >= 0.6 is 0 Å². The summed E-state index contributed by atoms with van der Waals surface area (Å²) in [7, 11) is 0. The van der Waals surface area contributed by atoms with Crippen molar-refractivity contribution in [2.75, 3.05) is 0 Å². The number of nitrogens with zero attached hydrogens (tertiary/aromatic N) is 1. The maximum atomic E-state index is 5.02. The maximum absolute atomic E-state index is 5.02. The Bertz CT molecular complexity index is 632. The van der Waals surface area contributed by atoms with E-state index in [-0.39, 0.29) is 0 Å². The van der Waals surface area contributed by atoms with Crippen molar-refractivity contribution in [3.8, 4) is 0 Å². The fourth-order valence-corrected chi connectivity index (χ4v) is 1.97. The summed E-state index contributed by atoms with van der Waals surface area (Å²) in [5, 5.41) is 4.56. The molecule has 3 rings (SSSR count). The van der Waals surface area contributed by atoms with Crippen molar-refractivity contribution in [2.24, 2.45) is 0 Å². The number of nitrogens with one attached hydrogen (secondary N) is 1. The molecule has 0 radical (unpaired) electrons. The van der Waals surface area contributed by atoms with Crippen LogP contribution in [-0.4, -0.2) is 4.98 Å². The Morgan fingerprint density at radius 2 is 2.00 bits per heavy atom. The SMILES string of the molecule is c1cnc2cc(CNCc3ccoc3)ccc2c1. The summed E-state index contributed by atoms with van der Waals surface area (Å²) in [4.78, 5) is 4.36. The van der Waals surface area contributed by atoms with Gasteiger partial charge in [0.05, 0.1) is 18.0 Å². The molecule has 0 fully saturated rings. The molecule has 0 saturated heterocycles. The first kappa shape index (κ1) is 11.0. The van der Waals surface area contributed by atoms with Crippen LogP contribution in [0.15, 0.2) is 59.5 Å². The van der Waals surface area contributed by atoms with Crippen LogP contribution in [-0.2, 0) is 13.1 Å². The molecule has 18 heavy (non-hydrogen) atoms. The number of furan rings is 1. The van der Waals surface area contributed by atoms with Gasteiger partial charge in [-0.3, -0.25) is 4.98 Å². The summed E-state index contributed by atoms with van der Waals surface area (Å²) in [6.45, 7) is 1.65. The predicted molar refractivity (Wildman–Crippen MR) is 71.0 cm³/mol. The fraction of sp³-hybridized carbons (Fsp3) is 0.133. The van der Waals surface area contributed by atoms with Crippen LogP contribution in [0.4, 0.5) is 0 Å². The zero-order valence-electron chi connectivity index (χ0n) is 9.97. The highest BCUT2D eigenvalue weighted by molar-refractivity contribution is 5.78. The highest BCUT2D eigenvalue weighted by Crippen LogP contribution is 2.13. The van der Waals surface area contributed by atoms with Crippen LogP contribution < -0.4 is 5.32 Å². The lowest BCUT2D eigenvalue weighted by Crippen LogP contribution is -2.12. The Labute approximate surface area is 105 Å². The van der Waals surface area contributed by atoms with E-state index in [1.54, 1.807) is 12.5 Å². The number of pyridine rings is 1. The van der Waals surface area contributed by atoms with Crippen molar-refractivity contribution >= 4 is 10.9 Å². The summed E-state index contributed by atoms with van der Waals surface area (Å²) in [5.74, 6) is 0. The lowest BCUT2D eigenvalue weighted by atomic mass is 10.1. The van der Waals surface area contributed by atoms with E-state index in [4.69, 9.17) is 4.42 Å². The van der Waals surface area contributed by atoms with E-state index in [1.807, 2.05) is 18.3 Å². The Hall–Kier alpha value is -2.13. The van der Waals surface area contributed by atoms with Crippen molar-refractivity contribution in [1.82, 2.24) is 10.3 Å². The molecule has 0 spiro atoms. The Morgan fingerprint density at radius 1 is 1.06 bits per heavy atom. The lowest BCUT2D eigenvalue weighted by molar-refractivity contribution is 0.560. The van der Waals surface area contributed by atoms with Crippen LogP contribution in [0.5, 0.6) is 0 Å². The van der Waals surface area contributed by atoms with Crippen LogP contribution in [0, 0.1) is 0 Å². The molecule has 0 bridgehead atoms. The predicted octanol–water partition coefficient (Wildman–Crippen LogP) is 3.12. The highest BCUT2D eigenvalue weighted by atomic mass is 16.3. The molecule has 3 heteroatoms. The third kappa shape index (κ3) is 2.41. The number of fused-ring (bicyclic) bond motifs is 1. The first-order chi connectivity index (χ1) is 8.92. The van der Waals surface area contributed by atoms with E-state index >= 15 is 0 Å². The van der Waals surface area contributed by atoms with Crippen molar-refractivity contribution in [1.29, 1.82) is 0 Å². The van der Waals surface area contributed by atoms with Crippen molar-refractivity contribution in [3.05, 3.63) is 66.2 Å². The average molecular weight is 238 g/mol. The zero-order chi connectivity index (χ0) is 12.2. The summed E-state index contributed by atoms with van der Waals surface area (Å²) >= 11 is 0. The van der Waals surface area contributed by atoms with Gasteiger partial charge in [0.1, 0.15) is 0 Å². The van der Waals surface area contributed by atoms with Crippen molar-refractivity contribution < 1.29 is 4.42 Å². The largest absolute Gasteiger partial charge is 0.472 e. The molecule has 1 aromatic carbocycles. The molecule has 0 aliphatic rings. The molecule has 3 nitrogen and oxygen atoms in total.